The van der Waals surface area contributed by atoms with E-state index in [2.05, 4.69) is 13.8 Å². The van der Waals surface area contributed by atoms with Gasteiger partial charge in [-0.2, -0.15) is 0 Å². The van der Waals surface area contributed by atoms with E-state index in [1.165, 1.54) is 5.56 Å². The minimum Gasteiger partial charge on any atom is -0.399 e. The van der Waals surface area contributed by atoms with Crippen LogP contribution in [-0.4, -0.2) is 23.9 Å². The molecule has 0 saturated carbocycles. The van der Waals surface area contributed by atoms with E-state index in [1.807, 2.05) is 36.1 Å². The van der Waals surface area contributed by atoms with Gasteiger partial charge in [-0.05, 0) is 37.0 Å². The molecule has 0 radical (unpaired) electrons. The van der Waals surface area contributed by atoms with Crippen molar-refractivity contribution in [2.24, 2.45) is 5.92 Å². The topological polar surface area (TPSA) is 46.3 Å². The van der Waals surface area contributed by atoms with E-state index in [0.717, 1.165) is 31.6 Å². The number of nitrogens with two attached hydrogens (primary N) is 1. The van der Waals surface area contributed by atoms with Gasteiger partial charge in [0.2, 0.25) is 5.91 Å². The monoisotopic (exact) mass is 262 g/mol. The van der Waals surface area contributed by atoms with Crippen molar-refractivity contribution in [3.63, 3.8) is 0 Å². The van der Waals surface area contributed by atoms with Gasteiger partial charge in [-0.25, -0.2) is 0 Å². The molecule has 0 saturated heterocycles. The van der Waals surface area contributed by atoms with Gasteiger partial charge in [0.05, 0.1) is 0 Å². The van der Waals surface area contributed by atoms with Gasteiger partial charge in [-0.15, -0.1) is 0 Å². The molecule has 0 aliphatic rings. The highest BCUT2D eigenvalue weighted by Gasteiger charge is 2.13. The van der Waals surface area contributed by atoms with E-state index >= 15 is 0 Å². The molecule has 2 N–H and O–H groups in total. The Morgan fingerprint density at radius 2 is 1.89 bits per heavy atom. The van der Waals surface area contributed by atoms with Crippen LogP contribution in [0, 0.1) is 5.92 Å². The fourth-order valence-electron chi connectivity index (χ4n) is 2.01. The quantitative estimate of drug-likeness (QED) is 0.767. The number of anilines is 1. The predicted molar refractivity (Wildman–Crippen MR) is 80.9 cm³/mol. The van der Waals surface area contributed by atoms with Crippen LogP contribution in [0.2, 0.25) is 0 Å². The van der Waals surface area contributed by atoms with Gasteiger partial charge >= 0.3 is 0 Å². The maximum Gasteiger partial charge on any atom is 0.222 e. The summed E-state index contributed by atoms with van der Waals surface area (Å²) in [4.78, 5) is 14.1. The number of hydrogen-bond donors (Lipinski definition) is 1. The molecular weight excluding hydrogens is 236 g/mol. The Hall–Kier alpha value is -1.51. The van der Waals surface area contributed by atoms with Crippen molar-refractivity contribution in [3.05, 3.63) is 29.8 Å². The van der Waals surface area contributed by atoms with E-state index in [1.54, 1.807) is 0 Å². The smallest absolute Gasteiger partial charge is 0.222 e. The first-order chi connectivity index (χ1) is 9.06. The van der Waals surface area contributed by atoms with Crippen LogP contribution in [0.25, 0.3) is 0 Å². The van der Waals surface area contributed by atoms with Crippen molar-refractivity contribution in [1.82, 2.24) is 4.90 Å². The molecule has 19 heavy (non-hydrogen) atoms. The Labute approximate surface area is 116 Å². The molecule has 3 heteroatoms. The minimum atomic E-state index is 0.250. The number of aryl methyl sites for hydroxylation is 1. The average Bonchev–Trinajstić information content (AvgIpc) is 2.43. The largest absolute Gasteiger partial charge is 0.399 e. The Kier molecular flexibility index (Phi) is 6.40. The summed E-state index contributed by atoms with van der Waals surface area (Å²) in [5.41, 5.74) is 7.58. The molecule has 0 aliphatic carbocycles. The van der Waals surface area contributed by atoms with Crippen molar-refractivity contribution in [2.45, 2.75) is 40.0 Å². The summed E-state index contributed by atoms with van der Waals surface area (Å²) in [5.74, 6) is 0.819. The van der Waals surface area contributed by atoms with Crippen molar-refractivity contribution < 1.29 is 4.79 Å². The van der Waals surface area contributed by atoms with Gasteiger partial charge in [0.15, 0.2) is 0 Å². The van der Waals surface area contributed by atoms with Gasteiger partial charge in [0, 0.05) is 25.2 Å². The lowest BCUT2D eigenvalue weighted by molar-refractivity contribution is -0.131. The Balaban J connectivity index is 2.46. The Morgan fingerprint density at radius 1 is 1.26 bits per heavy atom. The highest BCUT2D eigenvalue weighted by atomic mass is 16.2. The summed E-state index contributed by atoms with van der Waals surface area (Å²) in [6.07, 6.45) is 2.48. The summed E-state index contributed by atoms with van der Waals surface area (Å²) in [6.45, 7) is 8.06. The fraction of sp³-hybridized carbons (Fsp3) is 0.562. The van der Waals surface area contributed by atoms with E-state index in [0.29, 0.717) is 12.3 Å². The van der Waals surface area contributed by atoms with Crippen molar-refractivity contribution >= 4 is 11.6 Å². The lowest BCUT2D eigenvalue weighted by Crippen LogP contribution is -2.34. The molecule has 0 bridgehead atoms. The van der Waals surface area contributed by atoms with Crippen LogP contribution in [0.15, 0.2) is 24.3 Å². The zero-order valence-corrected chi connectivity index (χ0v) is 12.4. The molecule has 3 nitrogen and oxygen atoms in total. The van der Waals surface area contributed by atoms with Crippen molar-refractivity contribution in [3.8, 4) is 0 Å². The third-order valence-corrected chi connectivity index (χ3v) is 3.57. The van der Waals surface area contributed by atoms with E-state index in [-0.39, 0.29) is 5.91 Å². The molecule has 0 heterocycles. The molecule has 106 valence electrons. The number of rotatable bonds is 7. The van der Waals surface area contributed by atoms with E-state index in [4.69, 9.17) is 5.73 Å². The molecular formula is C16H26N2O. The lowest BCUT2D eigenvalue weighted by atomic mass is 10.1. The molecule has 0 fully saturated rings. The van der Waals surface area contributed by atoms with Gasteiger partial charge < -0.3 is 10.6 Å². The minimum absolute atomic E-state index is 0.250. The average molecular weight is 262 g/mol. The summed E-state index contributed by atoms with van der Waals surface area (Å²) in [7, 11) is 0. The molecule has 1 amide bonds. The van der Waals surface area contributed by atoms with E-state index < -0.39 is 0 Å². The summed E-state index contributed by atoms with van der Waals surface area (Å²) in [5, 5.41) is 0. The van der Waals surface area contributed by atoms with Crippen LogP contribution in [0.4, 0.5) is 5.69 Å². The third-order valence-electron chi connectivity index (χ3n) is 3.57. The van der Waals surface area contributed by atoms with Crippen LogP contribution in [0.1, 0.15) is 39.2 Å². The number of nitrogen functional groups attached to an aromatic ring is 1. The Morgan fingerprint density at radius 3 is 2.42 bits per heavy atom. The standard InChI is InChI=1S/C16H26N2O/c1-4-13(3)12-18(5-2)16(19)11-8-14-6-9-15(17)10-7-14/h6-7,9-10,13H,4-5,8,11-12,17H2,1-3H3. The molecule has 1 rings (SSSR count). The highest BCUT2D eigenvalue weighted by Crippen LogP contribution is 2.10. The molecule has 0 aromatic heterocycles. The van der Waals surface area contributed by atoms with Crippen molar-refractivity contribution in [2.75, 3.05) is 18.8 Å². The van der Waals surface area contributed by atoms with Crippen LogP contribution in [-0.2, 0) is 11.2 Å². The second kappa shape index (κ2) is 7.82. The first-order valence-corrected chi connectivity index (χ1v) is 7.19. The second-order valence-corrected chi connectivity index (χ2v) is 5.19. The second-order valence-electron chi connectivity index (χ2n) is 5.19. The normalized spacial score (nSPS) is 12.2. The molecule has 1 atom stereocenters. The molecule has 1 aromatic rings. The summed E-state index contributed by atoms with van der Waals surface area (Å²) < 4.78 is 0. The van der Waals surface area contributed by atoms with Crippen LogP contribution >= 0.6 is 0 Å². The Bertz CT molecular complexity index is 386. The highest BCUT2D eigenvalue weighted by molar-refractivity contribution is 5.76. The first-order valence-electron chi connectivity index (χ1n) is 7.19. The van der Waals surface area contributed by atoms with Gasteiger partial charge in [-0.1, -0.05) is 32.4 Å². The molecule has 0 spiro atoms. The van der Waals surface area contributed by atoms with Gasteiger partial charge in [0.25, 0.3) is 0 Å². The predicted octanol–water partition coefficient (Wildman–Crippen LogP) is 3.10. The molecule has 1 unspecified atom stereocenters. The van der Waals surface area contributed by atoms with Crippen LogP contribution in [0.5, 0.6) is 0 Å². The SMILES string of the molecule is CCC(C)CN(CC)C(=O)CCc1ccc(N)cc1. The third kappa shape index (κ3) is 5.33. The number of carbonyl (C=O) groups is 1. The van der Waals surface area contributed by atoms with Gasteiger partial charge in [-0.3, -0.25) is 4.79 Å². The number of hydrogen-bond acceptors (Lipinski definition) is 2. The number of amides is 1. The lowest BCUT2D eigenvalue weighted by Gasteiger charge is -2.24. The maximum absolute atomic E-state index is 12.2. The maximum atomic E-state index is 12.2. The first kappa shape index (κ1) is 15.5. The molecule has 1 aromatic carbocycles. The van der Waals surface area contributed by atoms with E-state index in [9.17, 15) is 4.79 Å². The zero-order valence-electron chi connectivity index (χ0n) is 12.4. The van der Waals surface area contributed by atoms with Gasteiger partial charge in [0.1, 0.15) is 0 Å². The summed E-state index contributed by atoms with van der Waals surface area (Å²) >= 11 is 0. The van der Waals surface area contributed by atoms with Crippen LogP contribution < -0.4 is 5.73 Å². The summed E-state index contributed by atoms with van der Waals surface area (Å²) in [6, 6.07) is 7.76. The molecule has 0 aliphatic heterocycles. The number of benzene rings is 1. The number of carbonyl (C=O) groups excluding carboxylic acids is 1. The van der Waals surface area contributed by atoms with Crippen LogP contribution in [0.3, 0.4) is 0 Å². The zero-order chi connectivity index (χ0) is 14.3. The number of nitrogens with zero attached hydrogens (tertiary/aromatic N) is 1. The fourth-order valence-corrected chi connectivity index (χ4v) is 2.01. The van der Waals surface area contributed by atoms with Crippen molar-refractivity contribution in [1.29, 1.82) is 0 Å².